The molecule has 1 aliphatic rings. The molecule has 1 aliphatic carbocycles. The standard InChI is InChI=1S/C15H20N2S2/c1-10(11-5-3-4-6-11)16-12-7-8-13-14(9-12)19-15(17-13)18-2/h7-11,16H,3-6H2,1-2H3. The summed E-state index contributed by atoms with van der Waals surface area (Å²) in [6.07, 6.45) is 7.66. The maximum absolute atomic E-state index is 4.58. The number of hydrogen-bond acceptors (Lipinski definition) is 4. The minimum atomic E-state index is 0.577. The van der Waals surface area contributed by atoms with Gasteiger partial charge in [0.05, 0.1) is 10.2 Å². The van der Waals surface area contributed by atoms with Crippen LogP contribution in [0.15, 0.2) is 22.5 Å². The van der Waals surface area contributed by atoms with Gasteiger partial charge in [-0.25, -0.2) is 4.98 Å². The number of nitrogens with zero attached hydrogens (tertiary/aromatic N) is 1. The van der Waals surface area contributed by atoms with Gasteiger partial charge >= 0.3 is 0 Å². The topological polar surface area (TPSA) is 24.9 Å². The van der Waals surface area contributed by atoms with Crippen LogP contribution in [0, 0.1) is 5.92 Å². The molecule has 4 heteroatoms. The van der Waals surface area contributed by atoms with Crippen LogP contribution in [0.2, 0.25) is 0 Å². The van der Waals surface area contributed by atoms with Crippen LogP contribution in [-0.2, 0) is 0 Å². The zero-order valence-corrected chi connectivity index (χ0v) is 13.1. The van der Waals surface area contributed by atoms with E-state index < -0.39 is 0 Å². The van der Waals surface area contributed by atoms with Gasteiger partial charge in [-0.05, 0) is 50.1 Å². The fraction of sp³-hybridized carbons (Fsp3) is 0.533. The van der Waals surface area contributed by atoms with Gasteiger partial charge in [0.15, 0.2) is 4.34 Å². The number of benzene rings is 1. The molecule has 1 atom stereocenters. The molecule has 19 heavy (non-hydrogen) atoms. The molecule has 1 unspecified atom stereocenters. The number of fused-ring (bicyclic) bond motifs is 1. The van der Waals surface area contributed by atoms with Crippen molar-refractivity contribution in [2.75, 3.05) is 11.6 Å². The summed E-state index contributed by atoms with van der Waals surface area (Å²) >= 11 is 3.50. The first-order valence-electron chi connectivity index (χ1n) is 6.97. The Labute approximate surface area is 123 Å². The summed E-state index contributed by atoms with van der Waals surface area (Å²) in [5, 5.41) is 3.68. The van der Waals surface area contributed by atoms with Crippen LogP contribution in [0.5, 0.6) is 0 Å². The molecule has 1 aromatic heterocycles. The Kier molecular flexibility index (Phi) is 3.99. The Balaban J connectivity index is 1.76. The van der Waals surface area contributed by atoms with Crippen molar-refractivity contribution in [1.29, 1.82) is 0 Å². The average Bonchev–Trinajstić information content (AvgIpc) is 3.07. The molecule has 1 N–H and O–H groups in total. The minimum absolute atomic E-state index is 0.577. The predicted molar refractivity (Wildman–Crippen MR) is 86.4 cm³/mol. The van der Waals surface area contributed by atoms with Crippen molar-refractivity contribution in [3.63, 3.8) is 0 Å². The Hall–Kier alpha value is -0.740. The largest absolute Gasteiger partial charge is 0.382 e. The highest BCUT2D eigenvalue weighted by Gasteiger charge is 2.21. The second-order valence-electron chi connectivity index (χ2n) is 5.34. The van der Waals surface area contributed by atoms with E-state index in [9.17, 15) is 0 Å². The van der Waals surface area contributed by atoms with Crippen LogP contribution in [0.3, 0.4) is 0 Å². The molecule has 0 aliphatic heterocycles. The van der Waals surface area contributed by atoms with Crippen molar-refractivity contribution < 1.29 is 0 Å². The van der Waals surface area contributed by atoms with Crippen LogP contribution in [0.25, 0.3) is 10.2 Å². The number of thiazole rings is 1. The molecule has 1 saturated carbocycles. The maximum atomic E-state index is 4.58. The van der Waals surface area contributed by atoms with E-state index in [0.29, 0.717) is 6.04 Å². The van der Waals surface area contributed by atoms with E-state index in [1.54, 1.807) is 23.1 Å². The quantitative estimate of drug-likeness (QED) is 0.802. The van der Waals surface area contributed by atoms with Gasteiger partial charge in [-0.2, -0.15) is 0 Å². The van der Waals surface area contributed by atoms with Crippen molar-refractivity contribution >= 4 is 39.0 Å². The number of aromatic nitrogens is 1. The second-order valence-corrected chi connectivity index (χ2v) is 7.43. The number of nitrogens with one attached hydrogen (secondary N) is 1. The molecule has 0 amide bonds. The third-order valence-corrected chi connectivity index (χ3v) is 6.05. The van der Waals surface area contributed by atoms with Gasteiger partial charge in [0.2, 0.25) is 0 Å². The van der Waals surface area contributed by atoms with E-state index in [0.717, 1.165) is 15.8 Å². The number of anilines is 1. The Morgan fingerprint density at radius 3 is 2.89 bits per heavy atom. The van der Waals surface area contributed by atoms with Crippen LogP contribution in [-0.4, -0.2) is 17.3 Å². The second kappa shape index (κ2) is 5.71. The van der Waals surface area contributed by atoms with E-state index >= 15 is 0 Å². The Morgan fingerprint density at radius 1 is 1.37 bits per heavy atom. The summed E-state index contributed by atoms with van der Waals surface area (Å²) < 4.78 is 2.43. The Bertz CT molecular complexity index is 558. The lowest BCUT2D eigenvalue weighted by Gasteiger charge is -2.21. The van der Waals surface area contributed by atoms with Gasteiger partial charge in [0, 0.05) is 11.7 Å². The van der Waals surface area contributed by atoms with Crippen molar-refractivity contribution in [1.82, 2.24) is 4.98 Å². The normalized spacial score (nSPS) is 18.0. The SMILES string of the molecule is CSc1nc2ccc(NC(C)C3CCCC3)cc2s1. The lowest BCUT2D eigenvalue weighted by molar-refractivity contribution is 0.482. The molecule has 1 aromatic carbocycles. The van der Waals surface area contributed by atoms with Gasteiger partial charge in [-0.3, -0.25) is 0 Å². The first-order chi connectivity index (χ1) is 9.26. The van der Waals surface area contributed by atoms with Gasteiger partial charge in [0.25, 0.3) is 0 Å². The van der Waals surface area contributed by atoms with Crippen LogP contribution in [0.1, 0.15) is 32.6 Å². The molecular formula is C15H20N2S2. The minimum Gasteiger partial charge on any atom is -0.382 e. The van der Waals surface area contributed by atoms with Crippen LogP contribution >= 0.6 is 23.1 Å². The van der Waals surface area contributed by atoms with Crippen molar-refractivity contribution in [3.05, 3.63) is 18.2 Å². The zero-order valence-electron chi connectivity index (χ0n) is 11.5. The highest BCUT2D eigenvalue weighted by atomic mass is 32.2. The van der Waals surface area contributed by atoms with Crippen molar-refractivity contribution in [3.8, 4) is 0 Å². The number of thioether (sulfide) groups is 1. The average molecular weight is 292 g/mol. The monoisotopic (exact) mass is 292 g/mol. The smallest absolute Gasteiger partial charge is 0.150 e. The maximum Gasteiger partial charge on any atom is 0.150 e. The highest BCUT2D eigenvalue weighted by Crippen LogP contribution is 2.32. The van der Waals surface area contributed by atoms with Crippen LogP contribution in [0.4, 0.5) is 5.69 Å². The predicted octanol–water partition coefficient (Wildman–Crippen LogP) is 5.01. The zero-order chi connectivity index (χ0) is 13.2. The van der Waals surface area contributed by atoms with E-state index in [1.807, 2.05) is 0 Å². The summed E-state index contributed by atoms with van der Waals surface area (Å²) in [7, 11) is 0. The molecule has 102 valence electrons. The summed E-state index contributed by atoms with van der Waals surface area (Å²) in [5.74, 6) is 0.846. The molecule has 0 radical (unpaired) electrons. The van der Waals surface area contributed by atoms with E-state index in [2.05, 4.69) is 41.7 Å². The third kappa shape index (κ3) is 2.90. The van der Waals surface area contributed by atoms with E-state index in [1.165, 1.54) is 36.1 Å². The molecule has 2 nitrogen and oxygen atoms in total. The lowest BCUT2D eigenvalue weighted by Crippen LogP contribution is -2.23. The molecule has 3 rings (SSSR count). The molecular weight excluding hydrogens is 272 g/mol. The van der Waals surface area contributed by atoms with Crippen molar-refractivity contribution in [2.24, 2.45) is 5.92 Å². The van der Waals surface area contributed by atoms with Gasteiger partial charge in [-0.1, -0.05) is 24.6 Å². The first kappa shape index (κ1) is 13.3. The summed E-state index contributed by atoms with van der Waals surface area (Å²) in [5.41, 5.74) is 2.36. The van der Waals surface area contributed by atoms with Crippen LogP contribution < -0.4 is 5.32 Å². The molecule has 0 spiro atoms. The molecule has 2 aromatic rings. The Morgan fingerprint density at radius 2 is 2.16 bits per heavy atom. The third-order valence-electron chi connectivity index (χ3n) is 4.04. The summed E-state index contributed by atoms with van der Waals surface area (Å²) in [4.78, 5) is 4.58. The molecule has 1 heterocycles. The molecule has 0 bridgehead atoms. The van der Waals surface area contributed by atoms with Gasteiger partial charge < -0.3 is 5.32 Å². The lowest BCUT2D eigenvalue weighted by atomic mass is 9.99. The fourth-order valence-electron chi connectivity index (χ4n) is 2.92. The van der Waals surface area contributed by atoms with E-state index in [4.69, 9.17) is 0 Å². The number of hydrogen-bond donors (Lipinski definition) is 1. The molecule has 0 saturated heterocycles. The van der Waals surface area contributed by atoms with E-state index in [-0.39, 0.29) is 0 Å². The van der Waals surface area contributed by atoms with Gasteiger partial charge in [-0.15, -0.1) is 11.3 Å². The summed E-state index contributed by atoms with van der Waals surface area (Å²) in [6, 6.07) is 7.12. The first-order valence-corrected chi connectivity index (χ1v) is 9.01. The van der Waals surface area contributed by atoms with Crippen molar-refractivity contribution in [2.45, 2.75) is 43.0 Å². The highest BCUT2D eigenvalue weighted by molar-refractivity contribution is 8.00. The molecule has 1 fully saturated rings. The number of rotatable bonds is 4. The summed E-state index contributed by atoms with van der Waals surface area (Å²) in [6.45, 7) is 2.32. The van der Waals surface area contributed by atoms with Gasteiger partial charge in [0.1, 0.15) is 0 Å². The fourth-order valence-corrected chi connectivity index (χ4v) is 4.45.